The number of non-ortho nitro benzene ring substituents is 1. The second-order valence-corrected chi connectivity index (χ2v) is 6.27. The van der Waals surface area contributed by atoms with E-state index in [0.717, 1.165) is 25.9 Å². The molecule has 0 aliphatic heterocycles. The summed E-state index contributed by atoms with van der Waals surface area (Å²) >= 11 is 1.19. The van der Waals surface area contributed by atoms with Crippen molar-refractivity contribution < 1.29 is 14.1 Å². The minimum absolute atomic E-state index is 0.00426. The summed E-state index contributed by atoms with van der Waals surface area (Å²) < 4.78 is 5.52. The fraction of sp³-hybridized carbons (Fsp3) is 0.438. The summed E-state index contributed by atoms with van der Waals surface area (Å²) in [6.07, 6.45) is 1.84. The molecular formula is C16H20N4O4S. The summed E-state index contributed by atoms with van der Waals surface area (Å²) in [5, 5.41) is 18.8. The molecule has 1 aromatic heterocycles. The average molecular weight is 364 g/mol. The highest BCUT2D eigenvalue weighted by molar-refractivity contribution is 7.99. The Balaban J connectivity index is 1.96. The standard InChI is InChI=1S/C16H20N4O4S/c1-3-9-19(10-4-2)14(21)11-25-16-18-17-15(24-16)12-5-7-13(8-6-12)20(22)23/h5-8H,3-4,9-11H2,1-2H3. The highest BCUT2D eigenvalue weighted by Crippen LogP contribution is 2.25. The number of benzene rings is 1. The van der Waals surface area contributed by atoms with Crippen LogP contribution in [-0.2, 0) is 4.79 Å². The van der Waals surface area contributed by atoms with Gasteiger partial charge in [0, 0.05) is 30.8 Å². The van der Waals surface area contributed by atoms with Crippen LogP contribution in [0.5, 0.6) is 0 Å². The smallest absolute Gasteiger partial charge is 0.277 e. The molecule has 0 aliphatic carbocycles. The molecule has 134 valence electrons. The SMILES string of the molecule is CCCN(CCC)C(=O)CSc1nnc(-c2ccc([N+](=O)[O-])cc2)o1. The number of aromatic nitrogens is 2. The van der Waals surface area contributed by atoms with E-state index in [-0.39, 0.29) is 23.2 Å². The van der Waals surface area contributed by atoms with Crippen LogP contribution >= 0.6 is 11.8 Å². The number of carbonyl (C=O) groups is 1. The fourth-order valence-electron chi connectivity index (χ4n) is 2.23. The van der Waals surface area contributed by atoms with Gasteiger partial charge >= 0.3 is 0 Å². The van der Waals surface area contributed by atoms with Gasteiger partial charge in [0.25, 0.3) is 10.9 Å². The Hall–Kier alpha value is -2.42. The zero-order valence-electron chi connectivity index (χ0n) is 14.2. The molecule has 0 bridgehead atoms. The van der Waals surface area contributed by atoms with Gasteiger partial charge in [-0.15, -0.1) is 10.2 Å². The lowest BCUT2D eigenvalue weighted by Crippen LogP contribution is -2.33. The van der Waals surface area contributed by atoms with Crippen molar-refractivity contribution in [1.29, 1.82) is 0 Å². The molecule has 2 rings (SSSR count). The van der Waals surface area contributed by atoms with E-state index in [2.05, 4.69) is 10.2 Å². The average Bonchev–Trinajstić information content (AvgIpc) is 3.08. The molecule has 2 aromatic rings. The summed E-state index contributed by atoms with van der Waals surface area (Å²) in [6, 6.07) is 5.86. The summed E-state index contributed by atoms with van der Waals surface area (Å²) in [6.45, 7) is 5.56. The van der Waals surface area contributed by atoms with Crippen molar-refractivity contribution >= 4 is 23.4 Å². The van der Waals surface area contributed by atoms with Crippen LogP contribution in [0.4, 0.5) is 5.69 Å². The molecule has 0 saturated heterocycles. The van der Waals surface area contributed by atoms with Gasteiger partial charge < -0.3 is 9.32 Å². The largest absolute Gasteiger partial charge is 0.411 e. The number of nitro benzene ring substituents is 1. The normalized spacial score (nSPS) is 10.6. The summed E-state index contributed by atoms with van der Waals surface area (Å²) in [5.41, 5.74) is 0.588. The van der Waals surface area contributed by atoms with Gasteiger partial charge in [0.2, 0.25) is 11.8 Å². The van der Waals surface area contributed by atoms with Gasteiger partial charge in [-0.3, -0.25) is 14.9 Å². The maximum absolute atomic E-state index is 12.2. The van der Waals surface area contributed by atoms with Gasteiger partial charge in [-0.05, 0) is 25.0 Å². The Bertz CT molecular complexity index is 711. The molecule has 0 N–H and O–H groups in total. The third kappa shape index (κ3) is 5.28. The minimum Gasteiger partial charge on any atom is -0.411 e. The fourth-order valence-corrected chi connectivity index (χ4v) is 2.89. The first kappa shape index (κ1) is 18.9. The van der Waals surface area contributed by atoms with E-state index in [1.807, 2.05) is 18.7 Å². The van der Waals surface area contributed by atoms with Gasteiger partial charge in [-0.2, -0.15) is 0 Å². The van der Waals surface area contributed by atoms with Crippen LogP contribution in [0.15, 0.2) is 33.9 Å². The molecule has 0 saturated carbocycles. The summed E-state index contributed by atoms with van der Waals surface area (Å²) in [7, 11) is 0. The molecule has 1 amide bonds. The Morgan fingerprint density at radius 1 is 1.20 bits per heavy atom. The molecule has 25 heavy (non-hydrogen) atoms. The Morgan fingerprint density at radius 2 is 1.84 bits per heavy atom. The van der Waals surface area contributed by atoms with E-state index >= 15 is 0 Å². The van der Waals surface area contributed by atoms with Gasteiger partial charge in [0.05, 0.1) is 10.7 Å². The molecule has 1 aromatic carbocycles. The number of hydrogen-bond donors (Lipinski definition) is 0. The Morgan fingerprint density at radius 3 is 2.40 bits per heavy atom. The summed E-state index contributed by atoms with van der Waals surface area (Å²) in [5.74, 6) is 0.551. The van der Waals surface area contributed by atoms with Crippen molar-refractivity contribution in [2.24, 2.45) is 0 Å². The Labute approximate surface area is 149 Å². The van der Waals surface area contributed by atoms with E-state index in [1.54, 1.807) is 12.1 Å². The van der Waals surface area contributed by atoms with E-state index in [9.17, 15) is 14.9 Å². The number of nitro groups is 1. The highest BCUT2D eigenvalue weighted by Gasteiger charge is 2.16. The third-order valence-electron chi connectivity index (χ3n) is 3.39. The van der Waals surface area contributed by atoms with Crippen molar-refractivity contribution in [3.05, 3.63) is 34.4 Å². The predicted octanol–water partition coefficient (Wildman–Crippen LogP) is 3.39. The molecule has 9 heteroatoms. The second kappa shape index (κ2) is 9.16. The van der Waals surface area contributed by atoms with Crippen molar-refractivity contribution in [2.45, 2.75) is 31.9 Å². The molecular weight excluding hydrogens is 344 g/mol. The lowest BCUT2D eigenvalue weighted by Gasteiger charge is -2.20. The first-order chi connectivity index (χ1) is 12.0. The highest BCUT2D eigenvalue weighted by atomic mass is 32.2. The molecule has 0 aliphatic rings. The van der Waals surface area contributed by atoms with Gasteiger partial charge in [-0.25, -0.2) is 0 Å². The number of hydrogen-bond acceptors (Lipinski definition) is 7. The second-order valence-electron chi connectivity index (χ2n) is 5.35. The van der Waals surface area contributed by atoms with E-state index < -0.39 is 4.92 Å². The van der Waals surface area contributed by atoms with Crippen LogP contribution in [0.1, 0.15) is 26.7 Å². The first-order valence-electron chi connectivity index (χ1n) is 8.04. The molecule has 8 nitrogen and oxygen atoms in total. The van der Waals surface area contributed by atoms with Gasteiger partial charge in [-0.1, -0.05) is 25.6 Å². The van der Waals surface area contributed by atoms with Crippen LogP contribution < -0.4 is 0 Å². The van der Waals surface area contributed by atoms with E-state index in [4.69, 9.17) is 4.42 Å². The van der Waals surface area contributed by atoms with Crippen LogP contribution in [0.25, 0.3) is 11.5 Å². The van der Waals surface area contributed by atoms with Crippen LogP contribution in [0.3, 0.4) is 0 Å². The molecule has 1 heterocycles. The number of thioether (sulfide) groups is 1. The maximum Gasteiger partial charge on any atom is 0.277 e. The lowest BCUT2D eigenvalue weighted by molar-refractivity contribution is -0.384. The molecule has 0 atom stereocenters. The maximum atomic E-state index is 12.2. The number of nitrogens with zero attached hydrogens (tertiary/aromatic N) is 4. The molecule has 0 unspecified atom stereocenters. The van der Waals surface area contributed by atoms with Crippen LogP contribution in [-0.4, -0.2) is 44.8 Å². The minimum atomic E-state index is -0.469. The van der Waals surface area contributed by atoms with Crippen LogP contribution in [0.2, 0.25) is 0 Å². The number of rotatable bonds is 9. The van der Waals surface area contributed by atoms with Crippen molar-refractivity contribution in [1.82, 2.24) is 15.1 Å². The van der Waals surface area contributed by atoms with E-state index in [1.165, 1.54) is 23.9 Å². The molecule has 0 fully saturated rings. The number of carbonyl (C=O) groups excluding carboxylic acids is 1. The molecule has 0 radical (unpaired) electrons. The zero-order valence-corrected chi connectivity index (χ0v) is 15.0. The van der Waals surface area contributed by atoms with Crippen molar-refractivity contribution in [3.8, 4) is 11.5 Å². The van der Waals surface area contributed by atoms with Gasteiger partial charge in [0.1, 0.15) is 0 Å². The number of amides is 1. The summed E-state index contributed by atoms with van der Waals surface area (Å²) in [4.78, 5) is 24.3. The predicted molar refractivity (Wildman–Crippen MR) is 94.3 cm³/mol. The van der Waals surface area contributed by atoms with E-state index in [0.29, 0.717) is 10.8 Å². The van der Waals surface area contributed by atoms with Crippen molar-refractivity contribution in [2.75, 3.05) is 18.8 Å². The molecule has 0 spiro atoms. The third-order valence-corrected chi connectivity index (χ3v) is 4.19. The topological polar surface area (TPSA) is 102 Å². The Kier molecular flexibility index (Phi) is 6.93. The zero-order chi connectivity index (χ0) is 18.2. The van der Waals surface area contributed by atoms with Crippen molar-refractivity contribution in [3.63, 3.8) is 0 Å². The lowest BCUT2D eigenvalue weighted by atomic mass is 10.2. The quantitative estimate of drug-likeness (QED) is 0.382. The first-order valence-corrected chi connectivity index (χ1v) is 9.02. The van der Waals surface area contributed by atoms with Crippen LogP contribution in [0, 0.1) is 10.1 Å². The van der Waals surface area contributed by atoms with Gasteiger partial charge in [0.15, 0.2) is 0 Å². The monoisotopic (exact) mass is 364 g/mol.